The van der Waals surface area contributed by atoms with E-state index in [1.807, 2.05) is 6.92 Å². The molecule has 198 valence electrons. The molecule has 5 nitrogen and oxygen atoms in total. The highest BCUT2D eigenvalue weighted by molar-refractivity contribution is 5.76. The Balaban J connectivity index is 1.61. The summed E-state index contributed by atoms with van der Waals surface area (Å²) in [6.07, 6.45) is 8.40. The van der Waals surface area contributed by atoms with Gasteiger partial charge in [-0.25, -0.2) is 0 Å². The van der Waals surface area contributed by atoms with Crippen LogP contribution in [0.15, 0.2) is 11.6 Å². The first-order chi connectivity index (χ1) is 16.1. The molecule has 0 aromatic heterocycles. The average Bonchev–Trinajstić information content (AvgIpc) is 2.77. The number of rotatable bonds is 2. The molecular weight excluding hydrogens is 440 g/mol. The van der Waals surface area contributed by atoms with E-state index in [1.165, 1.54) is 5.57 Å². The van der Waals surface area contributed by atoms with Crippen LogP contribution >= 0.6 is 0 Å². The van der Waals surface area contributed by atoms with Crippen LogP contribution in [-0.2, 0) is 4.79 Å². The fourth-order valence-electron chi connectivity index (χ4n) is 10.8. The molecule has 10 atom stereocenters. The van der Waals surface area contributed by atoms with Crippen LogP contribution in [0.5, 0.6) is 0 Å². The van der Waals surface area contributed by atoms with Gasteiger partial charge in [0.2, 0.25) is 0 Å². The zero-order valence-electron chi connectivity index (χ0n) is 22.7. The Bertz CT molecular complexity index is 941. The highest BCUT2D eigenvalue weighted by Crippen LogP contribution is 2.75. The van der Waals surface area contributed by atoms with Gasteiger partial charge in [0.1, 0.15) is 0 Å². The van der Waals surface area contributed by atoms with Crippen LogP contribution in [0.1, 0.15) is 99.3 Å². The molecular formula is C30H48O5. The molecule has 0 saturated heterocycles. The summed E-state index contributed by atoms with van der Waals surface area (Å²) in [6, 6.07) is 0. The number of carboxylic acids is 1. The molecule has 4 saturated carbocycles. The van der Waals surface area contributed by atoms with Gasteiger partial charge in [-0.3, -0.25) is 4.79 Å². The highest BCUT2D eigenvalue weighted by atomic mass is 16.4. The number of carboxylic acid groups (broad SMARTS) is 1. The number of fused-ring (bicyclic) bond motifs is 7. The number of hydrogen-bond acceptors (Lipinski definition) is 4. The quantitative estimate of drug-likeness (QED) is 0.402. The number of aliphatic carboxylic acids is 1. The van der Waals surface area contributed by atoms with Crippen LogP contribution in [0.2, 0.25) is 0 Å². The summed E-state index contributed by atoms with van der Waals surface area (Å²) >= 11 is 0. The molecule has 0 radical (unpaired) electrons. The summed E-state index contributed by atoms with van der Waals surface area (Å²) in [5, 5.41) is 42.8. The molecule has 4 fully saturated rings. The van der Waals surface area contributed by atoms with Gasteiger partial charge >= 0.3 is 5.97 Å². The lowest BCUT2D eigenvalue weighted by atomic mass is 9.33. The summed E-state index contributed by atoms with van der Waals surface area (Å²) in [6.45, 7) is 13.6. The van der Waals surface area contributed by atoms with Gasteiger partial charge < -0.3 is 20.4 Å². The van der Waals surface area contributed by atoms with Crippen molar-refractivity contribution in [2.75, 3.05) is 6.61 Å². The van der Waals surface area contributed by atoms with Crippen LogP contribution in [0.4, 0.5) is 0 Å². The van der Waals surface area contributed by atoms with E-state index in [4.69, 9.17) is 0 Å². The van der Waals surface area contributed by atoms with Gasteiger partial charge in [-0.15, -0.1) is 0 Å². The maximum absolute atomic E-state index is 12.8. The minimum atomic E-state index is -0.907. The van der Waals surface area contributed by atoms with Crippen LogP contribution in [-0.4, -0.2) is 45.2 Å². The molecule has 0 bridgehead atoms. The zero-order valence-corrected chi connectivity index (χ0v) is 22.7. The Kier molecular flexibility index (Phi) is 5.56. The van der Waals surface area contributed by atoms with Gasteiger partial charge in [-0.1, -0.05) is 53.2 Å². The minimum absolute atomic E-state index is 0.00698. The van der Waals surface area contributed by atoms with Gasteiger partial charge in [0, 0.05) is 5.41 Å². The second kappa shape index (κ2) is 7.57. The summed E-state index contributed by atoms with van der Waals surface area (Å²) in [5.74, 6) is -0.0472. The normalized spacial score (nSPS) is 55.0. The van der Waals surface area contributed by atoms with Gasteiger partial charge in [-0.05, 0) is 97.2 Å². The second-order valence-electron chi connectivity index (χ2n) is 15.1. The summed E-state index contributed by atoms with van der Waals surface area (Å²) in [7, 11) is 0. The summed E-state index contributed by atoms with van der Waals surface area (Å²) < 4.78 is 0. The fourth-order valence-corrected chi connectivity index (χ4v) is 10.8. The standard InChI is InChI=1S/C30H48O5/c1-25(2)11-13-30(24(34)35)14-12-28(5)18(19(30)15-25)7-8-22-26(3)16-20(32)23(33)27(4,17-31)21(26)9-10-29(22,28)6/h7,19-23,31-33H,8-17H2,1-6H3,(H,34,35)/t19-,20?,21+,22+,23?,26-,27-,28+,29+,30-/m0/s1. The van der Waals surface area contributed by atoms with Crippen molar-refractivity contribution in [3.8, 4) is 0 Å². The van der Waals surface area contributed by atoms with Crippen LogP contribution < -0.4 is 0 Å². The molecule has 0 amide bonds. The van der Waals surface area contributed by atoms with Crippen molar-refractivity contribution >= 4 is 5.97 Å². The van der Waals surface area contributed by atoms with E-state index in [9.17, 15) is 25.2 Å². The Hall–Kier alpha value is -0.910. The lowest BCUT2D eigenvalue weighted by Gasteiger charge is -2.71. The Morgan fingerprint density at radius 2 is 1.60 bits per heavy atom. The van der Waals surface area contributed by atoms with Crippen molar-refractivity contribution in [3.05, 3.63) is 11.6 Å². The van der Waals surface area contributed by atoms with E-state index in [1.54, 1.807) is 0 Å². The van der Waals surface area contributed by atoms with Crippen molar-refractivity contribution in [2.45, 2.75) is 112 Å². The predicted octanol–water partition coefficient (Wildman–Crippen LogP) is 5.18. The predicted molar refractivity (Wildman–Crippen MR) is 135 cm³/mol. The lowest BCUT2D eigenvalue weighted by Crippen LogP contribution is -2.68. The van der Waals surface area contributed by atoms with E-state index < -0.39 is 29.0 Å². The van der Waals surface area contributed by atoms with E-state index in [0.717, 1.165) is 51.4 Å². The molecule has 35 heavy (non-hydrogen) atoms. The molecule has 0 aromatic carbocycles. The molecule has 5 aliphatic carbocycles. The SMILES string of the molecule is CC1(C)CC[C@]2(C(=O)O)CC[C@]3(C)C(=CC[C@@H]4[C@@]5(C)CC(O)C(O)[C@@](C)(CO)[C@@H]5CC[C@]43C)[C@@H]2C1. The molecule has 5 heteroatoms. The van der Waals surface area contributed by atoms with Crippen molar-refractivity contribution in [3.63, 3.8) is 0 Å². The average molecular weight is 489 g/mol. The third-order valence-electron chi connectivity index (χ3n) is 13.2. The van der Waals surface area contributed by atoms with E-state index in [0.29, 0.717) is 12.3 Å². The van der Waals surface area contributed by atoms with Crippen molar-refractivity contribution in [2.24, 2.45) is 50.2 Å². The largest absolute Gasteiger partial charge is 0.481 e. The topological polar surface area (TPSA) is 98.0 Å². The molecule has 5 aliphatic rings. The highest BCUT2D eigenvalue weighted by Gasteiger charge is 2.70. The molecule has 0 aliphatic heterocycles. The van der Waals surface area contributed by atoms with Gasteiger partial charge in [0.25, 0.3) is 0 Å². The minimum Gasteiger partial charge on any atom is -0.481 e. The monoisotopic (exact) mass is 488 g/mol. The van der Waals surface area contributed by atoms with Gasteiger partial charge in [0.15, 0.2) is 0 Å². The second-order valence-corrected chi connectivity index (χ2v) is 15.1. The first-order valence-corrected chi connectivity index (χ1v) is 14.0. The molecule has 2 unspecified atom stereocenters. The third-order valence-corrected chi connectivity index (χ3v) is 13.2. The van der Waals surface area contributed by atoms with Crippen LogP contribution in [0.3, 0.4) is 0 Å². The number of aliphatic hydroxyl groups is 3. The zero-order chi connectivity index (χ0) is 25.8. The number of allylic oxidation sites excluding steroid dienone is 2. The van der Waals surface area contributed by atoms with Gasteiger partial charge in [-0.2, -0.15) is 0 Å². The first kappa shape index (κ1) is 25.7. The van der Waals surface area contributed by atoms with Crippen molar-refractivity contribution in [1.82, 2.24) is 0 Å². The summed E-state index contributed by atoms with van der Waals surface area (Å²) in [5.41, 5.74) is -0.0632. The maximum atomic E-state index is 12.8. The van der Waals surface area contributed by atoms with Crippen molar-refractivity contribution < 1.29 is 25.2 Å². The smallest absolute Gasteiger partial charge is 0.310 e. The molecule has 0 spiro atoms. The summed E-state index contributed by atoms with van der Waals surface area (Å²) in [4.78, 5) is 12.8. The van der Waals surface area contributed by atoms with Crippen molar-refractivity contribution in [1.29, 1.82) is 0 Å². The third kappa shape index (κ3) is 3.07. The van der Waals surface area contributed by atoms with E-state index in [-0.39, 0.29) is 40.1 Å². The fraction of sp³-hybridized carbons (Fsp3) is 0.900. The Morgan fingerprint density at radius 1 is 0.943 bits per heavy atom. The molecule has 4 N–H and O–H groups in total. The molecule has 0 heterocycles. The van der Waals surface area contributed by atoms with E-state index >= 15 is 0 Å². The number of aliphatic hydroxyl groups excluding tert-OH is 3. The maximum Gasteiger partial charge on any atom is 0.310 e. The van der Waals surface area contributed by atoms with Gasteiger partial charge in [0.05, 0.1) is 24.2 Å². The Morgan fingerprint density at radius 3 is 2.23 bits per heavy atom. The van der Waals surface area contributed by atoms with E-state index in [2.05, 4.69) is 40.7 Å². The Labute approximate surface area is 211 Å². The lowest BCUT2D eigenvalue weighted by molar-refractivity contribution is -0.243. The first-order valence-electron chi connectivity index (χ1n) is 14.0. The van der Waals surface area contributed by atoms with Crippen LogP contribution in [0.25, 0.3) is 0 Å². The molecule has 0 aromatic rings. The van der Waals surface area contributed by atoms with Crippen LogP contribution in [0, 0.1) is 50.2 Å². The number of hydrogen-bond donors (Lipinski definition) is 4. The molecule has 5 rings (SSSR count). The number of carbonyl (C=O) groups is 1.